The SMILES string of the molecule is CCOC(=O)C1C(c2ccc(OCC)c(OC)c2)NC(=S)NC1(O)C(F)(F)F. The predicted molar refractivity (Wildman–Crippen MR) is 96.9 cm³/mol. The van der Waals surface area contributed by atoms with Crippen molar-refractivity contribution in [1.29, 1.82) is 0 Å². The molecule has 0 radical (unpaired) electrons. The zero-order valence-corrected chi connectivity index (χ0v) is 16.2. The summed E-state index contributed by atoms with van der Waals surface area (Å²) in [5.41, 5.74) is -3.39. The van der Waals surface area contributed by atoms with Crippen molar-refractivity contribution >= 4 is 23.3 Å². The highest BCUT2D eigenvalue weighted by Crippen LogP contribution is 2.44. The molecule has 0 saturated carbocycles. The highest BCUT2D eigenvalue weighted by molar-refractivity contribution is 7.80. The Morgan fingerprint density at radius 2 is 1.96 bits per heavy atom. The van der Waals surface area contributed by atoms with Gasteiger partial charge in [-0.25, -0.2) is 0 Å². The van der Waals surface area contributed by atoms with E-state index in [1.807, 2.05) is 0 Å². The standard InChI is InChI=1S/C17H21F3N2O5S/c1-4-26-10-7-6-9(8-11(10)25-3)13-12(14(23)27-5-2)16(24,17(18,19)20)22-15(28)21-13/h6-8,12-13,24H,4-5H2,1-3H3,(H2,21,22,28). The van der Waals surface area contributed by atoms with E-state index in [1.165, 1.54) is 32.2 Å². The fourth-order valence-electron chi connectivity index (χ4n) is 2.97. The Morgan fingerprint density at radius 3 is 2.50 bits per heavy atom. The van der Waals surface area contributed by atoms with Crippen LogP contribution in [0.5, 0.6) is 11.5 Å². The van der Waals surface area contributed by atoms with Gasteiger partial charge in [0.15, 0.2) is 16.6 Å². The average Bonchev–Trinajstić information content (AvgIpc) is 2.60. The maximum Gasteiger partial charge on any atom is 0.437 e. The topological polar surface area (TPSA) is 89.1 Å². The molecule has 0 amide bonds. The number of carbonyl (C=O) groups is 1. The first-order chi connectivity index (χ1) is 13.1. The summed E-state index contributed by atoms with van der Waals surface area (Å²) in [5, 5.41) is 14.3. The molecule has 0 aliphatic carbocycles. The molecule has 1 aromatic carbocycles. The van der Waals surface area contributed by atoms with Gasteiger partial charge in [0.25, 0.3) is 5.72 Å². The Balaban J connectivity index is 2.58. The van der Waals surface area contributed by atoms with E-state index in [0.29, 0.717) is 12.4 Å². The van der Waals surface area contributed by atoms with Crippen molar-refractivity contribution < 1.29 is 37.3 Å². The number of methoxy groups -OCH3 is 1. The molecule has 0 bridgehead atoms. The normalized spacial score (nSPS) is 24.8. The summed E-state index contributed by atoms with van der Waals surface area (Å²) >= 11 is 4.84. The molecule has 7 nitrogen and oxygen atoms in total. The van der Waals surface area contributed by atoms with E-state index >= 15 is 0 Å². The quantitative estimate of drug-likeness (QED) is 0.474. The third-order valence-corrected chi connectivity index (χ3v) is 4.41. The van der Waals surface area contributed by atoms with Crippen LogP contribution in [0.1, 0.15) is 25.5 Å². The van der Waals surface area contributed by atoms with E-state index in [9.17, 15) is 23.1 Å². The zero-order chi connectivity index (χ0) is 21.1. The smallest absolute Gasteiger partial charge is 0.437 e. The van der Waals surface area contributed by atoms with E-state index in [2.05, 4.69) is 5.32 Å². The van der Waals surface area contributed by atoms with Crippen molar-refractivity contribution in [3.8, 4) is 11.5 Å². The third-order valence-electron chi connectivity index (χ3n) is 4.19. The molecule has 11 heteroatoms. The fourth-order valence-corrected chi connectivity index (χ4v) is 3.25. The molecule has 28 heavy (non-hydrogen) atoms. The first-order valence-electron chi connectivity index (χ1n) is 8.44. The van der Waals surface area contributed by atoms with Gasteiger partial charge in [-0.05, 0) is 43.8 Å². The van der Waals surface area contributed by atoms with Crippen LogP contribution in [0.3, 0.4) is 0 Å². The predicted octanol–water partition coefficient (Wildman–Crippen LogP) is 2.04. The number of esters is 1. The highest BCUT2D eigenvalue weighted by Gasteiger charge is 2.66. The number of halogens is 3. The number of ether oxygens (including phenoxy) is 3. The molecule has 1 heterocycles. The summed E-state index contributed by atoms with van der Waals surface area (Å²) in [6.07, 6.45) is -5.20. The minimum absolute atomic E-state index is 0.160. The summed E-state index contributed by atoms with van der Waals surface area (Å²) in [7, 11) is 1.37. The Hall–Kier alpha value is -2.27. The minimum atomic E-state index is -5.20. The molecular formula is C17H21F3N2O5S. The largest absolute Gasteiger partial charge is 0.493 e. The van der Waals surface area contributed by atoms with Crippen LogP contribution in [0, 0.1) is 5.92 Å². The number of thiocarbonyl (C=S) groups is 1. The lowest BCUT2D eigenvalue weighted by atomic mass is 9.82. The van der Waals surface area contributed by atoms with Crippen molar-refractivity contribution in [1.82, 2.24) is 10.6 Å². The van der Waals surface area contributed by atoms with Gasteiger partial charge in [-0.3, -0.25) is 4.79 Å². The first kappa shape index (κ1) is 22.0. The molecule has 0 aromatic heterocycles. The van der Waals surface area contributed by atoms with Gasteiger partial charge in [-0.1, -0.05) is 6.07 Å². The lowest BCUT2D eigenvalue weighted by Gasteiger charge is -2.45. The number of carbonyl (C=O) groups excluding carboxylic acids is 1. The Morgan fingerprint density at radius 1 is 1.29 bits per heavy atom. The Kier molecular flexibility index (Phi) is 6.60. The highest BCUT2D eigenvalue weighted by atomic mass is 32.1. The van der Waals surface area contributed by atoms with E-state index < -0.39 is 34.9 Å². The molecule has 1 aliphatic heterocycles. The molecule has 1 fully saturated rings. The average molecular weight is 422 g/mol. The van der Waals surface area contributed by atoms with Gasteiger partial charge in [-0.15, -0.1) is 0 Å². The van der Waals surface area contributed by atoms with Gasteiger partial charge in [0, 0.05) is 0 Å². The van der Waals surface area contributed by atoms with Crippen LogP contribution in [-0.2, 0) is 9.53 Å². The molecule has 0 spiro atoms. The van der Waals surface area contributed by atoms with Crippen molar-refractivity contribution in [2.75, 3.05) is 20.3 Å². The van der Waals surface area contributed by atoms with Crippen molar-refractivity contribution in [2.45, 2.75) is 31.8 Å². The maximum atomic E-state index is 13.7. The van der Waals surface area contributed by atoms with Crippen LogP contribution < -0.4 is 20.1 Å². The second kappa shape index (κ2) is 8.39. The van der Waals surface area contributed by atoms with Crippen LogP contribution in [0.15, 0.2) is 18.2 Å². The summed E-state index contributed by atoms with van der Waals surface area (Å²) in [5.74, 6) is -2.67. The second-order valence-corrected chi connectivity index (χ2v) is 6.32. The number of hydrogen-bond acceptors (Lipinski definition) is 6. The van der Waals surface area contributed by atoms with Crippen LogP contribution >= 0.6 is 12.2 Å². The van der Waals surface area contributed by atoms with Crippen molar-refractivity contribution in [2.24, 2.45) is 5.92 Å². The number of alkyl halides is 3. The fraction of sp³-hybridized carbons (Fsp3) is 0.529. The Bertz CT molecular complexity index is 746. The number of rotatable bonds is 6. The second-order valence-electron chi connectivity index (χ2n) is 5.91. The monoisotopic (exact) mass is 422 g/mol. The van der Waals surface area contributed by atoms with Gasteiger partial charge in [0.2, 0.25) is 0 Å². The minimum Gasteiger partial charge on any atom is -0.493 e. The Labute approximate surface area is 165 Å². The molecule has 1 saturated heterocycles. The number of hydrogen-bond donors (Lipinski definition) is 3. The molecular weight excluding hydrogens is 401 g/mol. The van der Waals surface area contributed by atoms with Gasteiger partial charge in [0.05, 0.1) is 26.4 Å². The molecule has 3 N–H and O–H groups in total. The molecule has 3 atom stereocenters. The van der Waals surface area contributed by atoms with Gasteiger partial charge < -0.3 is 30.0 Å². The van der Waals surface area contributed by atoms with Gasteiger partial charge >= 0.3 is 12.1 Å². The van der Waals surface area contributed by atoms with Crippen LogP contribution in [0.2, 0.25) is 0 Å². The van der Waals surface area contributed by atoms with Gasteiger partial charge in [0.1, 0.15) is 5.92 Å². The molecule has 1 aromatic rings. The lowest BCUT2D eigenvalue weighted by molar-refractivity contribution is -0.292. The zero-order valence-electron chi connectivity index (χ0n) is 15.4. The first-order valence-corrected chi connectivity index (χ1v) is 8.85. The summed E-state index contributed by atoms with van der Waals surface area (Å²) in [6.45, 7) is 3.41. The summed E-state index contributed by atoms with van der Waals surface area (Å²) < 4.78 is 56.5. The van der Waals surface area contributed by atoms with Crippen LogP contribution in [0.25, 0.3) is 0 Å². The van der Waals surface area contributed by atoms with Gasteiger partial charge in [-0.2, -0.15) is 13.2 Å². The molecule has 156 valence electrons. The van der Waals surface area contributed by atoms with E-state index in [0.717, 1.165) is 0 Å². The molecule has 3 unspecified atom stereocenters. The van der Waals surface area contributed by atoms with Crippen molar-refractivity contribution in [3.05, 3.63) is 23.8 Å². The van der Waals surface area contributed by atoms with Crippen LogP contribution in [-0.4, -0.2) is 48.4 Å². The molecule has 2 rings (SSSR count). The number of aliphatic hydroxyl groups is 1. The van der Waals surface area contributed by atoms with E-state index in [1.54, 1.807) is 12.2 Å². The third kappa shape index (κ3) is 4.09. The lowest BCUT2D eigenvalue weighted by Crippen LogP contribution is -2.73. The van der Waals surface area contributed by atoms with Crippen molar-refractivity contribution in [3.63, 3.8) is 0 Å². The van der Waals surface area contributed by atoms with E-state index in [-0.39, 0.29) is 17.9 Å². The maximum absolute atomic E-state index is 13.7. The van der Waals surface area contributed by atoms with E-state index in [4.69, 9.17) is 26.4 Å². The summed E-state index contributed by atoms with van der Waals surface area (Å²) in [6, 6.07) is 3.05. The molecule has 1 aliphatic rings. The van der Waals surface area contributed by atoms with Crippen LogP contribution in [0.4, 0.5) is 13.2 Å². The number of nitrogens with one attached hydrogen (secondary N) is 2. The summed E-state index contributed by atoms with van der Waals surface area (Å²) in [4.78, 5) is 12.4. The number of benzene rings is 1.